The molecule has 0 bridgehead atoms. The zero-order chi connectivity index (χ0) is 12.6. The fourth-order valence-electron chi connectivity index (χ4n) is 1.64. The lowest BCUT2D eigenvalue weighted by Gasteiger charge is -2.17. The summed E-state index contributed by atoms with van der Waals surface area (Å²) >= 11 is 0. The van der Waals surface area contributed by atoms with Gasteiger partial charge in [-0.15, -0.1) is 0 Å². The minimum atomic E-state index is -2.75. The number of hydrogen-bond acceptors (Lipinski definition) is 3. The van der Waals surface area contributed by atoms with Crippen LogP contribution in [0.1, 0.15) is 35.3 Å². The van der Waals surface area contributed by atoms with Crippen LogP contribution in [0.25, 0.3) is 0 Å². The van der Waals surface area contributed by atoms with Crippen LogP contribution >= 0.6 is 0 Å². The number of alkyl halides is 2. The molecule has 0 atom stereocenters. The highest BCUT2D eigenvalue weighted by atomic mass is 19.3. The first-order chi connectivity index (χ1) is 8.00. The van der Waals surface area contributed by atoms with Crippen molar-refractivity contribution in [3.8, 4) is 0 Å². The van der Waals surface area contributed by atoms with E-state index in [-0.39, 0.29) is 17.4 Å². The van der Waals surface area contributed by atoms with Crippen molar-refractivity contribution in [2.24, 2.45) is 0 Å². The van der Waals surface area contributed by atoms with Crippen molar-refractivity contribution in [2.75, 3.05) is 12.8 Å². The van der Waals surface area contributed by atoms with E-state index in [2.05, 4.69) is 4.98 Å². The highest BCUT2D eigenvalue weighted by Crippen LogP contribution is 2.29. The molecule has 0 aliphatic heterocycles. The molecule has 1 fully saturated rings. The standard InChI is InChI=1S/C11H13F2N3O/c1-16(7-2-3-7)11(17)9-8(10(12)13)4-6(14)5-15-9/h4-5,7,10H,2-3,14H2,1H3. The molecule has 0 unspecified atom stereocenters. The monoisotopic (exact) mass is 241 g/mol. The fourth-order valence-corrected chi connectivity index (χ4v) is 1.64. The van der Waals surface area contributed by atoms with E-state index in [4.69, 9.17) is 5.73 Å². The van der Waals surface area contributed by atoms with Crippen LogP contribution in [0.5, 0.6) is 0 Å². The molecule has 1 amide bonds. The SMILES string of the molecule is CN(C(=O)c1ncc(N)cc1C(F)F)C1CC1. The predicted octanol–water partition coefficient (Wildman–Crippen LogP) is 1.84. The minimum absolute atomic E-state index is 0.130. The number of nitrogens with two attached hydrogens (primary N) is 1. The Kier molecular flexibility index (Phi) is 2.95. The third-order valence-corrected chi connectivity index (χ3v) is 2.79. The van der Waals surface area contributed by atoms with E-state index in [9.17, 15) is 13.6 Å². The van der Waals surface area contributed by atoms with Gasteiger partial charge in [-0.1, -0.05) is 0 Å². The lowest BCUT2D eigenvalue weighted by atomic mass is 10.1. The smallest absolute Gasteiger partial charge is 0.272 e. The summed E-state index contributed by atoms with van der Waals surface area (Å²) in [6, 6.07) is 1.26. The summed E-state index contributed by atoms with van der Waals surface area (Å²) < 4.78 is 25.6. The van der Waals surface area contributed by atoms with Crippen molar-refractivity contribution in [3.63, 3.8) is 0 Å². The Morgan fingerprint density at radius 2 is 2.24 bits per heavy atom. The van der Waals surface area contributed by atoms with Gasteiger partial charge in [-0.25, -0.2) is 13.8 Å². The van der Waals surface area contributed by atoms with Crippen LogP contribution in [-0.2, 0) is 0 Å². The van der Waals surface area contributed by atoms with Gasteiger partial charge in [0.2, 0.25) is 0 Å². The summed E-state index contributed by atoms with van der Waals surface area (Å²) in [6.45, 7) is 0. The molecule has 0 spiro atoms. The van der Waals surface area contributed by atoms with E-state index >= 15 is 0 Å². The van der Waals surface area contributed by atoms with Crippen LogP contribution in [0.15, 0.2) is 12.3 Å². The molecular formula is C11H13F2N3O. The average molecular weight is 241 g/mol. The second-order valence-electron chi connectivity index (χ2n) is 4.15. The number of nitrogen functional groups attached to an aromatic ring is 1. The molecule has 1 saturated carbocycles. The largest absolute Gasteiger partial charge is 0.397 e. The molecule has 1 aromatic heterocycles. The Morgan fingerprint density at radius 3 is 2.76 bits per heavy atom. The fraction of sp³-hybridized carbons (Fsp3) is 0.455. The molecule has 0 saturated heterocycles. The second-order valence-corrected chi connectivity index (χ2v) is 4.15. The number of anilines is 1. The zero-order valence-electron chi connectivity index (χ0n) is 9.36. The van der Waals surface area contributed by atoms with E-state index < -0.39 is 17.9 Å². The third kappa shape index (κ3) is 2.35. The van der Waals surface area contributed by atoms with Gasteiger partial charge in [0.05, 0.1) is 17.4 Å². The van der Waals surface area contributed by atoms with Gasteiger partial charge in [-0.2, -0.15) is 0 Å². The van der Waals surface area contributed by atoms with Crippen molar-refractivity contribution < 1.29 is 13.6 Å². The molecule has 0 aromatic carbocycles. The molecule has 2 rings (SSSR count). The molecule has 17 heavy (non-hydrogen) atoms. The molecule has 92 valence electrons. The van der Waals surface area contributed by atoms with Gasteiger partial charge in [0.25, 0.3) is 12.3 Å². The maximum absolute atomic E-state index is 12.8. The first kappa shape index (κ1) is 11.8. The Labute approximate surface area is 97.4 Å². The Balaban J connectivity index is 2.33. The quantitative estimate of drug-likeness (QED) is 0.878. The van der Waals surface area contributed by atoms with E-state index in [1.807, 2.05) is 0 Å². The number of amides is 1. The Bertz CT molecular complexity index is 446. The van der Waals surface area contributed by atoms with E-state index in [1.165, 1.54) is 11.1 Å². The van der Waals surface area contributed by atoms with Crippen molar-refractivity contribution in [1.29, 1.82) is 0 Å². The number of carbonyl (C=O) groups excluding carboxylic acids is 1. The molecular weight excluding hydrogens is 228 g/mol. The first-order valence-electron chi connectivity index (χ1n) is 5.31. The van der Waals surface area contributed by atoms with Crippen molar-refractivity contribution in [1.82, 2.24) is 9.88 Å². The topological polar surface area (TPSA) is 59.2 Å². The normalized spacial score (nSPS) is 15.1. The summed E-state index contributed by atoms with van der Waals surface area (Å²) in [5, 5.41) is 0. The van der Waals surface area contributed by atoms with Crippen LogP contribution in [-0.4, -0.2) is 28.9 Å². The highest BCUT2D eigenvalue weighted by molar-refractivity contribution is 5.94. The summed E-state index contributed by atoms with van der Waals surface area (Å²) in [5.41, 5.74) is 4.92. The van der Waals surface area contributed by atoms with Gasteiger partial charge in [-0.05, 0) is 18.9 Å². The third-order valence-electron chi connectivity index (χ3n) is 2.79. The van der Waals surface area contributed by atoms with Crippen LogP contribution in [0.2, 0.25) is 0 Å². The molecule has 2 N–H and O–H groups in total. The van der Waals surface area contributed by atoms with Crippen molar-refractivity contribution in [2.45, 2.75) is 25.3 Å². The number of halogens is 2. The number of nitrogens with zero attached hydrogens (tertiary/aromatic N) is 2. The van der Waals surface area contributed by atoms with Crippen LogP contribution in [0.3, 0.4) is 0 Å². The molecule has 1 heterocycles. The first-order valence-corrected chi connectivity index (χ1v) is 5.31. The highest BCUT2D eigenvalue weighted by Gasteiger charge is 2.32. The van der Waals surface area contributed by atoms with Crippen molar-refractivity contribution >= 4 is 11.6 Å². The lowest BCUT2D eigenvalue weighted by molar-refractivity contribution is 0.0766. The van der Waals surface area contributed by atoms with Gasteiger partial charge in [-0.3, -0.25) is 4.79 Å². The second kappa shape index (κ2) is 4.27. The summed E-state index contributed by atoms with van der Waals surface area (Å²) in [6.07, 6.45) is 0.306. The van der Waals surface area contributed by atoms with Gasteiger partial charge in [0.15, 0.2) is 0 Å². The number of hydrogen-bond donors (Lipinski definition) is 1. The number of carbonyl (C=O) groups is 1. The van der Waals surface area contributed by atoms with Gasteiger partial charge >= 0.3 is 0 Å². The number of aromatic nitrogens is 1. The zero-order valence-corrected chi connectivity index (χ0v) is 9.36. The summed E-state index contributed by atoms with van der Waals surface area (Å²) in [7, 11) is 1.60. The van der Waals surface area contributed by atoms with Crippen molar-refractivity contribution in [3.05, 3.63) is 23.5 Å². The maximum atomic E-state index is 12.8. The Morgan fingerprint density at radius 1 is 1.59 bits per heavy atom. The van der Waals surface area contributed by atoms with Gasteiger partial charge < -0.3 is 10.6 Å². The van der Waals surface area contributed by atoms with Crippen LogP contribution in [0, 0.1) is 0 Å². The Hall–Kier alpha value is -1.72. The molecule has 1 aromatic rings. The average Bonchev–Trinajstić information content (AvgIpc) is 3.10. The lowest BCUT2D eigenvalue weighted by Crippen LogP contribution is -2.30. The van der Waals surface area contributed by atoms with Gasteiger partial charge in [0.1, 0.15) is 5.69 Å². The van der Waals surface area contributed by atoms with E-state index in [1.54, 1.807) is 7.05 Å². The molecule has 4 nitrogen and oxygen atoms in total. The summed E-state index contributed by atoms with van der Waals surface area (Å²) in [5.74, 6) is -0.470. The van der Waals surface area contributed by atoms with E-state index in [0.29, 0.717) is 0 Å². The molecule has 0 radical (unpaired) electrons. The van der Waals surface area contributed by atoms with Crippen LogP contribution in [0.4, 0.5) is 14.5 Å². The molecule has 6 heteroatoms. The predicted molar refractivity (Wildman–Crippen MR) is 58.7 cm³/mol. The number of rotatable bonds is 3. The summed E-state index contributed by atoms with van der Waals surface area (Å²) in [4.78, 5) is 17.1. The number of pyridine rings is 1. The molecule has 1 aliphatic carbocycles. The van der Waals surface area contributed by atoms with Crippen LogP contribution < -0.4 is 5.73 Å². The van der Waals surface area contributed by atoms with E-state index in [0.717, 1.165) is 18.9 Å². The van der Waals surface area contributed by atoms with Gasteiger partial charge in [0, 0.05) is 13.1 Å². The minimum Gasteiger partial charge on any atom is -0.397 e. The maximum Gasteiger partial charge on any atom is 0.272 e. The molecule has 1 aliphatic rings.